The van der Waals surface area contributed by atoms with Gasteiger partial charge in [0.15, 0.2) is 5.69 Å². The number of carbonyl (C=O) groups is 1. The molecule has 2 aromatic heterocycles. The van der Waals surface area contributed by atoms with Gasteiger partial charge in [0.2, 0.25) is 0 Å². The van der Waals surface area contributed by atoms with E-state index in [9.17, 15) is 18.0 Å². The number of hydrogen-bond acceptors (Lipinski definition) is 4. The van der Waals surface area contributed by atoms with Crippen molar-refractivity contribution < 1.29 is 18.0 Å². The average molecular weight is 607 g/mol. The van der Waals surface area contributed by atoms with Crippen molar-refractivity contribution in [3.63, 3.8) is 0 Å². The lowest BCUT2D eigenvalue weighted by molar-refractivity contribution is -0.143. The summed E-state index contributed by atoms with van der Waals surface area (Å²) < 4.78 is 43.3. The van der Waals surface area contributed by atoms with Gasteiger partial charge < -0.3 is 4.90 Å². The molecule has 1 fully saturated rings. The van der Waals surface area contributed by atoms with Crippen LogP contribution in [-0.4, -0.2) is 38.7 Å². The Morgan fingerprint density at radius 3 is 2.21 bits per heavy atom. The molecule has 0 atom stereocenters. The molecule has 0 bridgehead atoms. The largest absolute Gasteiger partial charge is 0.434 e. The second-order valence-electron chi connectivity index (χ2n) is 10.3. The van der Waals surface area contributed by atoms with Gasteiger partial charge in [-0.15, -0.1) is 11.3 Å². The maximum Gasteiger partial charge on any atom is 0.434 e. The van der Waals surface area contributed by atoms with Crippen LogP contribution in [0.4, 0.5) is 13.2 Å². The standard InChI is InChI=1S/C32H26ClF3N4OS/c1-20-7-9-22(10-8-20)28-27(21-11-13-24(33)14-12-21)38-30(42-28)23-15-17-39(18-16-23)31(41)26-19-37-40(29(26)32(34,35)36)25-5-3-2-4-6-25/h2-14,19,23H,15-18H2,1H3. The molecule has 1 saturated heterocycles. The maximum atomic E-state index is 14.2. The lowest BCUT2D eigenvalue weighted by Gasteiger charge is -2.31. The van der Waals surface area contributed by atoms with E-state index in [1.54, 1.807) is 29.5 Å². The first-order valence-corrected chi connectivity index (χ1v) is 14.7. The summed E-state index contributed by atoms with van der Waals surface area (Å²) >= 11 is 7.76. The Morgan fingerprint density at radius 1 is 0.929 bits per heavy atom. The highest BCUT2D eigenvalue weighted by Gasteiger charge is 2.42. The summed E-state index contributed by atoms with van der Waals surface area (Å²) in [4.78, 5) is 21.0. The minimum absolute atomic E-state index is 0.0819. The molecule has 42 heavy (non-hydrogen) atoms. The number of alkyl halides is 3. The Bertz CT molecular complexity index is 1640. The van der Waals surface area contributed by atoms with Crippen LogP contribution in [-0.2, 0) is 6.18 Å². The van der Waals surface area contributed by atoms with E-state index in [4.69, 9.17) is 16.6 Å². The molecule has 214 valence electrons. The van der Waals surface area contributed by atoms with Gasteiger partial charge in [-0.3, -0.25) is 4.79 Å². The Labute approximate surface area is 250 Å². The van der Waals surface area contributed by atoms with Crippen LogP contribution in [0.25, 0.3) is 27.4 Å². The van der Waals surface area contributed by atoms with Gasteiger partial charge in [0.05, 0.1) is 33.0 Å². The summed E-state index contributed by atoms with van der Waals surface area (Å²) in [6.07, 6.45) is -2.53. The normalized spacial score (nSPS) is 14.4. The van der Waals surface area contributed by atoms with Crippen molar-refractivity contribution >= 4 is 28.8 Å². The van der Waals surface area contributed by atoms with Gasteiger partial charge in [-0.2, -0.15) is 18.3 Å². The minimum Gasteiger partial charge on any atom is -0.338 e. The van der Waals surface area contributed by atoms with E-state index in [2.05, 4.69) is 29.4 Å². The van der Waals surface area contributed by atoms with Gasteiger partial charge in [0.25, 0.3) is 5.91 Å². The van der Waals surface area contributed by atoms with Crippen molar-refractivity contribution in [1.29, 1.82) is 0 Å². The number of benzene rings is 3. The van der Waals surface area contributed by atoms with Crippen molar-refractivity contribution in [2.45, 2.75) is 31.9 Å². The van der Waals surface area contributed by atoms with E-state index in [0.29, 0.717) is 31.0 Å². The Balaban J connectivity index is 1.25. The van der Waals surface area contributed by atoms with Crippen LogP contribution in [0.2, 0.25) is 5.02 Å². The van der Waals surface area contributed by atoms with Crippen LogP contribution in [0.5, 0.6) is 0 Å². The molecule has 3 aromatic carbocycles. The molecule has 0 saturated carbocycles. The number of carbonyl (C=O) groups excluding carboxylic acids is 1. The fourth-order valence-electron chi connectivity index (χ4n) is 5.26. The number of para-hydroxylation sites is 1. The first-order chi connectivity index (χ1) is 20.2. The number of halogens is 4. The van der Waals surface area contributed by atoms with Gasteiger partial charge >= 0.3 is 6.18 Å². The number of amides is 1. The molecule has 3 heterocycles. The second-order valence-corrected chi connectivity index (χ2v) is 11.8. The number of likely N-dealkylation sites (tertiary alicyclic amines) is 1. The third kappa shape index (κ3) is 5.58. The molecule has 5 aromatic rings. The van der Waals surface area contributed by atoms with Crippen LogP contribution in [0.15, 0.2) is 85.1 Å². The number of rotatable bonds is 5. The SMILES string of the molecule is Cc1ccc(-c2sc(C3CCN(C(=O)c4cnn(-c5ccccc5)c4C(F)(F)F)CC3)nc2-c2ccc(Cl)cc2)cc1. The maximum absolute atomic E-state index is 14.2. The highest BCUT2D eigenvalue weighted by molar-refractivity contribution is 7.15. The van der Waals surface area contributed by atoms with Crippen molar-refractivity contribution in [3.05, 3.63) is 112 Å². The predicted molar refractivity (Wildman–Crippen MR) is 159 cm³/mol. The molecule has 1 aliphatic rings. The summed E-state index contributed by atoms with van der Waals surface area (Å²) in [5.74, 6) is -0.581. The summed E-state index contributed by atoms with van der Waals surface area (Å²) in [6.45, 7) is 2.70. The third-order valence-corrected chi connectivity index (χ3v) is 8.99. The molecule has 0 spiro atoms. The van der Waals surface area contributed by atoms with Gasteiger partial charge in [-0.25, -0.2) is 9.67 Å². The molecular weight excluding hydrogens is 581 g/mol. The van der Waals surface area contributed by atoms with Crippen LogP contribution in [0.3, 0.4) is 0 Å². The summed E-state index contributed by atoms with van der Waals surface area (Å²) in [5.41, 5.74) is 2.81. The summed E-state index contributed by atoms with van der Waals surface area (Å²) in [6, 6.07) is 23.9. The molecule has 5 nitrogen and oxygen atoms in total. The van der Waals surface area contributed by atoms with E-state index in [1.165, 1.54) is 17.0 Å². The van der Waals surface area contributed by atoms with Crippen LogP contribution in [0, 0.1) is 6.92 Å². The topological polar surface area (TPSA) is 51.0 Å². The highest BCUT2D eigenvalue weighted by atomic mass is 35.5. The van der Waals surface area contributed by atoms with Crippen molar-refractivity contribution in [3.8, 4) is 27.4 Å². The molecule has 1 amide bonds. The molecule has 6 rings (SSSR count). The average Bonchev–Trinajstić information content (AvgIpc) is 3.64. The molecule has 0 N–H and O–H groups in total. The molecule has 1 aliphatic heterocycles. The van der Waals surface area contributed by atoms with Crippen molar-refractivity contribution in [2.24, 2.45) is 0 Å². The number of piperidine rings is 1. The van der Waals surface area contributed by atoms with Crippen LogP contribution in [0.1, 0.15) is 45.4 Å². The van der Waals surface area contributed by atoms with E-state index >= 15 is 0 Å². The molecule has 10 heteroatoms. The molecule has 0 aliphatic carbocycles. The van der Waals surface area contributed by atoms with Gasteiger partial charge in [-0.1, -0.05) is 71.8 Å². The van der Waals surface area contributed by atoms with Crippen LogP contribution >= 0.6 is 22.9 Å². The zero-order chi connectivity index (χ0) is 29.4. The summed E-state index contributed by atoms with van der Waals surface area (Å²) in [5, 5.41) is 5.54. The van der Waals surface area contributed by atoms with E-state index < -0.39 is 23.3 Å². The lowest BCUT2D eigenvalue weighted by Crippen LogP contribution is -2.38. The molecule has 0 unspecified atom stereocenters. The highest BCUT2D eigenvalue weighted by Crippen LogP contribution is 2.42. The quantitative estimate of drug-likeness (QED) is 0.201. The second kappa shape index (κ2) is 11.4. The zero-order valence-corrected chi connectivity index (χ0v) is 24.2. The molecule has 0 radical (unpaired) electrons. The summed E-state index contributed by atoms with van der Waals surface area (Å²) in [7, 11) is 0. The Kier molecular flexibility index (Phi) is 7.64. The number of aryl methyl sites for hydroxylation is 1. The van der Waals surface area contributed by atoms with Crippen molar-refractivity contribution in [2.75, 3.05) is 13.1 Å². The lowest BCUT2D eigenvalue weighted by atomic mass is 9.96. The van der Waals surface area contributed by atoms with Crippen LogP contribution < -0.4 is 0 Å². The van der Waals surface area contributed by atoms with E-state index in [-0.39, 0.29) is 11.6 Å². The van der Waals surface area contributed by atoms with Crippen molar-refractivity contribution in [1.82, 2.24) is 19.7 Å². The monoisotopic (exact) mass is 606 g/mol. The number of thiazole rings is 1. The smallest absolute Gasteiger partial charge is 0.338 e. The number of nitrogens with zero attached hydrogens (tertiary/aromatic N) is 4. The van der Waals surface area contributed by atoms with E-state index in [1.807, 2.05) is 31.2 Å². The van der Waals surface area contributed by atoms with Gasteiger partial charge in [0.1, 0.15) is 0 Å². The first kappa shape index (κ1) is 28.2. The van der Waals surface area contributed by atoms with E-state index in [0.717, 1.165) is 43.1 Å². The fourth-order valence-corrected chi connectivity index (χ4v) is 6.65. The van der Waals surface area contributed by atoms with Gasteiger partial charge in [-0.05, 0) is 49.6 Å². The Hall–Kier alpha value is -3.95. The third-order valence-electron chi connectivity index (χ3n) is 7.48. The molecular formula is C32H26ClF3N4OS. The minimum atomic E-state index is -4.75. The number of hydrogen-bond donors (Lipinski definition) is 0. The van der Waals surface area contributed by atoms with Gasteiger partial charge in [0, 0.05) is 29.6 Å². The predicted octanol–water partition coefficient (Wildman–Crippen LogP) is 8.66. The zero-order valence-electron chi connectivity index (χ0n) is 22.6. The number of aromatic nitrogens is 3. The first-order valence-electron chi connectivity index (χ1n) is 13.5. The Morgan fingerprint density at radius 2 is 1.57 bits per heavy atom. The fraction of sp³-hybridized carbons (Fsp3) is 0.219.